The van der Waals surface area contributed by atoms with E-state index in [1.807, 2.05) is 0 Å². The Kier molecular flexibility index (Phi) is 4.16. The number of ether oxygens (including phenoxy) is 1. The molecule has 2 saturated heterocycles. The van der Waals surface area contributed by atoms with Crippen LogP contribution in [0, 0.1) is 5.92 Å². The van der Waals surface area contributed by atoms with Gasteiger partial charge in [0, 0.05) is 38.3 Å². The zero-order valence-corrected chi connectivity index (χ0v) is 11.7. The zero-order chi connectivity index (χ0) is 13.1. The van der Waals surface area contributed by atoms with Gasteiger partial charge in [0.25, 0.3) is 0 Å². The Labute approximate surface area is 115 Å². The van der Waals surface area contributed by atoms with Crippen LogP contribution in [0.1, 0.15) is 24.9 Å². The molecular formula is C16H24N2O. The highest BCUT2D eigenvalue weighted by Gasteiger charge is 2.33. The predicted octanol–water partition coefficient (Wildman–Crippen LogP) is 2.06. The van der Waals surface area contributed by atoms with Crippen molar-refractivity contribution in [1.82, 2.24) is 10.2 Å². The number of piperazine rings is 1. The topological polar surface area (TPSA) is 24.5 Å². The highest BCUT2D eigenvalue weighted by Crippen LogP contribution is 2.29. The number of hydrogen-bond acceptors (Lipinski definition) is 3. The van der Waals surface area contributed by atoms with Crippen LogP contribution >= 0.6 is 0 Å². The molecule has 2 fully saturated rings. The minimum atomic E-state index is 0.505. The van der Waals surface area contributed by atoms with Gasteiger partial charge in [-0.1, -0.05) is 30.3 Å². The fourth-order valence-electron chi connectivity index (χ4n) is 3.40. The van der Waals surface area contributed by atoms with Crippen LogP contribution in [0.5, 0.6) is 0 Å². The lowest BCUT2D eigenvalue weighted by atomic mass is 9.94. The quantitative estimate of drug-likeness (QED) is 0.900. The van der Waals surface area contributed by atoms with Crippen LogP contribution in [-0.4, -0.2) is 43.8 Å². The third-order valence-corrected chi connectivity index (χ3v) is 4.64. The van der Waals surface area contributed by atoms with Crippen molar-refractivity contribution in [3.05, 3.63) is 35.9 Å². The molecule has 2 heterocycles. The van der Waals surface area contributed by atoms with Crippen molar-refractivity contribution < 1.29 is 4.74 Å². The average Bonchev–Trinajstić information content (AvgIpc) is 3.02. The van der Waals surface area contributed by atoms with E-state index < -0.39 is 0 Å². The van der Waals surface area contributed by atoms with E-state index in [9.17, 15) is 0 Å². The van der Waals surface area contributed by atoms with Crippen molar-refractivity contribution in [2.24, 2.45) is 5.92 Å². The normalized spacial score (nSPS) is 30.4. The van der Waals surface area contributed by atoms with Gasteiger partial charge in [-0.2, -0.15) is 0 Å². The average molecular weight is 260 g/mol. The monoisotopic (exact) mass is 260 g/mol. The first-order chi connectivity index (χ1) is 9.36. The molecule has 0 bridgehead atoms. The number of hydrogen-bond donors (Lipinski definition) is 1. The van der Waals surface area contributed by atoms with Crippen molar-refractivity contribution >= 4 is 0 Å². The summed E-state index contributed by atoms with van der Waals surface area (Å²) in [5.41, 5.74) is 1.43. The summed E-state index contributed by atoms with van der Waals surface area (Å²) in [5, 5.41) is 3.54. The van der Waals surface area contributed by atoms with Crippen LogP contribution < -0.4 is 5.32 Å². The fourth-order valence-corrected chi connectivity index (χ4v) is 3.40. The molecule has 1 aromatic carbocycles. The number of benzene rings is 1. The second kappa shape index (κ2) is 6.04. The van der Waals surface area contributed by atoms with Gasteiger partial charge in [0.05, 0.1) is 6.61 Å². The van der Waals surface area contributed by atoms with Gasteiger partial charge in [0.1, 0.15) is 0 Å². The summed E-state index contributed by atoms with van der Waals surface area (Å²) in [7, 11) is 0. The fraction of sp³-hybridized carbons (Fsp3) is 0.625. The number of nitrogens with one attached hydrogen (secondary N) is 1. The summed E-state index contributed by atoms with van der Waals surface area (Å²) in [6.45, 7) is 7.55. The molecule has 0 radical (unpaired) electrons. The standard InChI is InChI=1S/C16H24N2O/c1-13(15-7-10-19-12-15)18-9-8-17-11-16(18)14-5-3-2-4-6-14/h2-6,13,15-17H,7-12H2,1H3. The highest BCUT2D eigenvalue weighted by atomic mass is 16.5. The van der Waals surface area contributed by atoms with Gasteiger partial charge >= 0.3 is 0 Å². The van der Waals surface area contributed by atoms with E-state index >= 15 is 0 Å². The molecule has 0 aromatic heterocycles. The maximum atomic E-state index is 5.57. The third-order valence-electron chi connectivity index (χ3n) is 4.64. The Hall–Kier alpha value is -0.900. The van der Waals surface area contributed by atoms with Gasteiger partial charge < -0.3 is 10.1 Å². The van der Waals surface area contributed by atoms with Crippen LogP contribution in [0.25, 0.3) is 0 Å². The van der Waals surface area contributed by atoms with Crippen molar-refractivity contribution in [1.29, 1.82) is 0 Å². The van der Waals surface area contributed by atoms with E-state index in [4.69, 9.17) is 4.74 Å². The first kappa shape index (κ1) is 13.1. The summed E-state index contributed by atoms with van der Waals surface area (Å²) in [5.74, 6) is 0.698. The summed E-state index contributed by atoms with van der Waals surface area (Å²) < 4.78 is 5.57. The Balaban J connectivity index is 1.77. The first-order valence-corrected chi connectivity index (χ1v) is 7.45. The van der Waals surface area contributed by atoms with E-state index in [1.165, 1.54) is 12.0 Å². The summed E-state index contributed by atoms with van der Waals surface area (Å²) in [6.07, 6.45) is 1.21. The smallest absolute Gasteiger partial charge is 0.0509 e. The van der Waals surface area contributed by atoms with Gasteiger partial charge in [-0.15, -0.1) is 0 Å². The molecule has 2 aliphatic rings. The highest BCUT2D eigenvalue weighted by molar-refractivity contribution is 5.20. The maximum absolute atomic E-state index is 5.57. The van der Waals surface area contributed by atoms with E-state index in [2.05, 4.69) is 47.5 Å². The molecule has 19 heavy (non-hydrogen) atoms. The molecule has 1 N–H and O–H groups in total. The van der Waals surface area contributed by atoms with E-state index in [0.717, 1.165) is 32.8 Å². The summed E-state index contributed by atoms with van der Waals surface area (Å²) >= 11 is 0. The van der Waals surface area contributed by atoms with Crippen LogP contribution in [-0.2, 0) is 4.74 Å². The molecule has 3 atom stereocenters. The Morgan fingerprint density at radius 2 is 2.16 bits per heavy atom. The van der Waals surface area contributed by atoms with Crippen LogP contribution in [0.4, 0.5) is 0 Å². The zero-order valence-electron chi connectivity index (χ0n) is 11.7. The van der Waals surface area contributed by atoms with Crippen LogP contribution in [0.3, 0.4) is 0 Å². The largest absolute Gasteiger partial charge is 0.381 e. The van der Waals surface area contributed by atoms with Gasteiger partial charge in [-0.25, -0.2) is 0 Å². The van der Waals surface area contributed by atoms with E-state index in [-0.39, 0.29) is 0 Å². The maximum Gasteiger partial charge on any atom is 0.0509 e. The van der Waals surface area contributed by atoms with Crippen LogP contribution in [0.2, 0.25) is 0 Å². The lowest BCUT2D eigenvalue weighted by Crippen LogP contribution is -2.51. The molecule has 3 unspecified atom stereocenters. The Bertz CT molecular complexity index is 389. The molecule has 0 aliphatic carbocycles. The second-order valence-corrected chi connectivity index (χ2v) is 5.73. The molecular weight excluding hydrogens is 236 g/mol. The van der Waals surface area contributed by atoms with Crippen molar-refractivity contribution in [3.8, 4) is 0 Å². The Morgan fingerprint density at radius 3 is 2.89 bits per heavy atom. The Morgan fingerprint density at radius 1 is 1.32 bits per heavy atom. The third kappa shape index (κ3) is 2.83. The predicted molar refractivity (Wildman–Crippen MR) is 77.1 cm³/mol. The minimum Gasteiger partial charge on any atom is -0.381 e. The molecule has 3 nitrogen and oxygen atoms in total. The molecule has 0 amide bonds. The summed E-state index contributed by atoms with van der Waals surface area (Å²) in [4.78, 5) is 2.67. The first-order valence-electron chi connectivity index (χ1n) is 7.45. The van der Waals surface area contributed by atoms with E-state index in [0.29, 0.717) is 18.0 Å². The second-order valence-electron chi connectivity index (χ2n) is 5.73. The molecule has 0 spiro atoms. The van der Waals surface area contributed by atoms with Gasteiger partial charge in [0.15, 0.2) is 0 Å². The minimum absolute atomic E-state index is 0.505. The molecule has 104 valence electrons. The van der Waals surface area contributed by atoms with Gasteiger partial charge in [0.2, 0.25) is 0 Å². The van der Waals surface area contributed by atoms with Gasteiger partial charge in [-0.05, 0) is 24.8 Å². The van der Waals surface area contributed by atoms with Crippen molar-refractivity contribution in [2.75, 3.05) is 32.8 Å². The molecule has 2 aliphatic heterocycles. The number of nitrogens with zero attached hydrogens (tertiary/aromatic N) is 1. The van der Waals surface area contributed by atoms with Gasteiger partial charge in [-0.3, -0.25) is 4.90 Å². The molecule has 1 aromatic rings. The van der Waals surface area contributed by atoms with Crippen LogP contribution in [0.15, 0.2) is 30.3 Å². The molecule has 3 heteroatoms. The van der Waals surface area contributed by atoms with E-state index in [1.54, 1.807) is 0 Å². The molecule has 0 saturated carbocycles. The molecule has 3 rings (SSSR count). The SMILES string of the molecule is CC(C1CCOC1)N1CCNCC1c1ccccc1. The lowest BCUT2D eigenvalue weighted by Gasteiger charge is -2.42. The van der Waals surface area contributed by atoms with Crippen molar-refractivity contribution in [2.45, 2.75) is 25.4 Å². The number of rotatable bonds is 3. The summed E-state index contributed by atoms with van der Waals surface area (Å²) in [6, 6.07) is 12.0. The van der Waals surface area contributed by atoms with Crippen molar-refractivity contribution in [3.63, 3.8) is 0 Å². The lowest BCUT2D eigenvalue weighted by molar-refractivity contribution is 0.0720.